The molecule has 1 aromatic heterocycles. The summed E-state index contributed by atoms with van der Waals surface area (Å²) in [6.45, 7) is 2.82. The molecule has 0 fully saturated rings. The molecule has 1 unspecified atom stereocenters. The molecule has 5 heteroatoms. The maximum atomic E-state index is 12.2. The van der Waals surface area contributed by atoms with E-state index in [0.29, 0.717) is 5.76 Å². The number of nitrogens with zero attached hydrogens (tertiary/aromatic N) is 1. The predicted octanol–water partition coefficient (Wildman–Crippen LogP) is 3.82. The summed E-state index contributed by atoms with van der Waals surface area (Å²) in [5.74, 6) is 0.609. The molecular weight excluding hydrogens is 288 g/mol. The number of hydrogen-bond acceptors (Lipinski definition) is 3. The summed E-state index contributed by atoms with van der Waals surface area (Å²) in [6, 6.07) is 9.33. The van der Waals surface area contributed by atoms with Gasteiger partial charge in [0.05, 0.1) is 5.38 Å². The fourth-order valence-corrected chi connectivity index (χ4v) is 2.64. The second-order valence-electron chi connectivity index (χ2n) is 5.29. The van der Waals surface area contributed by atoms with Gasteiger partial charge in [-0.1, -0.05) is 0 Å². The van der Waals surface area contributed by atoms with E-state index < -0.39 is 0 Å². The molecule has 21 heavy (non-hydrogen) atoms. The van der Waals surface area contributed by atoms with E-state index in [1.807, 2.05) is 18.2 Å². The van der Waals surface area contributed by atoms with Crippen LogP contribution in [0.3, 0.4) is 0 Å². The van der Waals surface area contributed by atoms with E-state index in [9.17, 15) is 4.79 Å². The van der Waals surface area contributed by atoms with Crippen LogP contribution in [0.15, 0.2) is 34.7 Å². The van der Waals surface area contributed by atoms with Crippen molar-refractivity contribution in [3.8, 4) is 0 Å². The third-order valence-electron chi connectivity index (χ3n) is 3.71. The van der Waals surface area contributed by atoms with E-state index in [4.69, 9.17) is 16.0 Å². The largest absolute Gasteiger partial charge is 0.454 e. The smallest absolute Gasteiger partial charge is 0.291 e. The van der Waals surface area contributed by atoms with E-state index in [1.165, 1.54) is 11.3 Å². The average Bonchev–Trinajstić information content (AvgIpc) is 3.06. The minimum absolute atomic E-state index is 0.248. The first kappa shape index (κ1) is 14.0. The Balaban J connectivity index is 1.75. The van der Waals surface area contributed by atoms with Gasteiger partial charge in [-0.2, -0.15) is 0 Å². The molecule has 110 valence electrons. The predicted molar refractivity (Wildman–Crippen MR) is 84.3 cm³/mol. The standard InChI is InChI=1S/C16H17ClN2O2/c1-10(17)14-5-6-15(21-14)16(20)18-12-3-4-13-11(9-12)7-8-19(13)2/h3-6,9-10H,7-8H2,1-2H3,(H,18,20). The van der Waals surface area contributed by atoms with Crippen LogP contribution in [0.4, 0.5) is 11.4 Å². The maximum Gasteiger partial charge on any atom is 0.291 e. The number of carbonyl (C=O) groups excluding carboxylic acids is 1. The van der Waals surface area contributed by atoms with Crippen LogP contribution in [-0.4, -0.2) is 19.5 Å². The Morgan fingerprint density at radius 3 is 2.90 bits per heavy atom. The number of amides is 1. The molecule has 1 aliphatic heterocycles. The fourth-order valence-electron chi connectivity index (χ4n) is 2.53. The zero-order valence-electron chi connectivity index (χ0n) is 12.0. The van der Waals surface area contributed by atoms with Gasteiger partial charge in [0.2, 0.25) is 0 Å². The van der Waals surface area contributed by atoms with Gasteiger partial charge in [0.15, 0.2) is 5.76 Å². The highest BCUT2D eigenvalue weighted by Gasteiger charge is 2.17. The molecule has 0 saturated heterocycles. The van der Waals surface area contributed by atoms with Gasteiger partial charge >= 0.3 is 0 Å². The first-order valence-corrected chi connectivity index (χ1v) is 7.37. The summed E-state index contributed by atoms with van der Waals surface area (Å²) in [5, 5.41) is 2.61. The summed E-state index contributed by atoms with van der Waals surface area (Å²) in [4.78, 5) is 14.4. The lowest BCUT2D eigenvalue weighted by Gasteiger charge is -2.12. The zero-order valence-corrected chi connectivity index (χ0v) is 12.8. The molecule has 1 aliphatic rings. The summed E-state index contributed by atoms with van der Waals surface area (Å²) in [6.07, 6.45) is 1.00. The molecule has 4 nitrogen and oxygen atoms in total. The van der Waals surface area contributed by atoms with Crippen molar-refractivity contribution in [3.05, 3.63) is 47.4 Å². The van der Waals surface area contributed by atoms with Crippen molar-refractivity contribution in [2.24, 2.45) is 0 Å². The summed E-state index contributed by atoms with van der Waals surface area (Å²) >= 11 is 5.93. The van der Waals surface area contributed by atoms with Crippen LogP contribution < -0.4 is 10.2 Å². The van der Waals surface area contributed by atoms with E-state index in [0.717, 1.165) is 18.7 Å². The second-order valence-corrected chi connectivity index (χ2v) is 5.94. The molecule has 0 bridgehead atoms. The normalized spacial score (nSPS) is 14.9. The number of nitrogens with one attached hydrogen (secondary N) is 1. The minimum Gasteiger partial charge on any atom is -0.454 e. The van der Waals surface area contributed by atoms with E-state index in [-0.39, 0.29) is 17.0 Å². The number of anilines is 2. The highest BCUT2D eigenvalue weighted by Crippen LogP contribution is 2.29. The number of hydrogen-bond donors (Lipinski definition) is 1. The molecule has 1 amide bonds. The van der Waals surface area contributed by atoms with Gasteiger partial charge < -0.3 is 14.6 Å². The fraction of sp³-hybridized carbons (Fsp3) is 0.312. The van der Waals surface area contributed by atoms with Crippen molar-refractivity contribution in [1.82, 2.24) is 0 Å². The second kappa shape index (κ2) is 5.45. The van der Waals surface area contributed by atoms with Crippen LogP contribution in [0.25, 0.3) is 0 Å². The van der Waals surface area contributed by atoms with Crippen LogP contribution in [0.1, 0.15) is 34.2 Å². The van der Waals surface area contributed by atoms with Crippen LogP contribution in [0.5, 0.6) is 0 Å². The molecule has 2 heterocycles. The lowest BCUT2D eigenvalue weighted by molar-refractivity contribution is 0.0995. The van der Waals surface area contributed by atoms with Crippen molar-refractivity contribution < 1.29 is 9.21 Å². The molecular formula is C16H17ClN2O2. The van der Waals surface area contributed by atoms with Crippen molar-refractivity contribution in [2.75, 3.05) is 23.8 Å². The topological polar surface area (TPSA) is 45.5 Å². The maximum absolute atomic E-state index is 12.2. The van der Waals surface area contributed by atoms with Crippen LogP contribution >= 0.6 is 11.6 Å². The molecule has 1 atom stereocenters. The SMILES string of the molecule is CC(Cl)c1ccc(C(=O)Nc2ccc3c(c2)CCN3C)o1. The van der Waals surface area contributed by atoms with Gasteiger partial charge in [0, 0.05) is 25.0 Å². The highest BCUT2D eigenvalue weighted by molar-refractivity contribution is 6.20. The van der Waals surface area contributed by atoms with Gasteiger partial charge in [-0.3, -0.25) is 4.79 Å². The Hall–Kier alpha value is -1.94. The third kappa shape index (κ3) is 2.76. The van der Waals surface area contributed by atoms with E-state index in [2.05, 4.69) is 17.3 Å². The number of rotatable bonds is 3. The first-order chi connectivity index (χ1) is 10.0. The number of likely N-dealkylation sites (N-methyl/N-ethyl adjacent to an activating group) is 1. The molecule has 1 N–H and O–H groups in total. The lowest BCUT2D eigenvalue weighted by Crippen LogP contribution is -2.12. The number of alkyl halides is 1. The lowest BCUT2D eigenvalue weighted by atomic mass is 10.1. The summed E-state index contributed by atoms with van der Waals surface area (Å²) in [5.41, 5.74) is 3.26. The Morgan fingerprint density at radius 1 is 1.38 bits per heavy atom. The number of benzene rings is 1. The van der Waals surface area contributed by atoms with Crippen molar-refractivity contribution in [1.29, 1.82) is 0 Å². The quantitative estimate of drug-likeness (QED) is 0.877. The van der Waals surface area contributed by atoms with Crippen molar-refractivity contribution in [3.63, 3.8) is 0 Å². The van der Waals surface area contributed by atoms with Crippen molar-refractivity contribution in [2.45, 2.75) is 18.7 Å². The number of fused-ring (bicyclic) bond motifs is 1. The Labute approximate surface area is 128 Å². The Morgan fingerprint density at radius 2 is 2.19 bits per heavy atom. The molecule has 3 rings (SSSR count). The molecule has 0 spiro atoms. The molecule has 0 aliphatic carbocycles. The zero-order chi connectivity index (χ0) is 15.0. The summed E-state index contributed by atoms with van der Waals surface area (Å²) in [7, 11) is 2.07. The molecule has 1 aromatic carbocycles. The minimum atomic E-state index is -0.259. The van der Waals surface area contributed by atoms with Crippen molar-refractivity contribution >= 4 is 28.9 Å². The monoisotopic (exact) mass is 304 g/mol. The number of furan rings is 1. The van der Waals surface area contributed by atoms with Gasteiger partial charge in [0.1, 0.15) is 5.76 Å². The summed E-state index contributed by atoms with van der Waals surface area (Å²) < 4.78 is 5.44. The van der Waals surface area contributed by atoms with Crippen LogP contribution in [-0.2, 0) is 6.42 Å². The van der Waals surface area contributed by atoms with Gasteiger partial charge in [-0.25, -0.2) is 0 Å². The Kier molecular flexibility index (Phi) is 3.64. The van der Waals surface area contributed by atoms with Gasteiger partial charge in [-0.05, 0) is 49.2 Å². The Bertz CT molecular complexity index is 679. The first-order valence-electron chi connectivity index (χ1n) is 6.94. The molecule has 2 aromatic rings. The number of halogens is 1. The van der Waals surface area contributed by atoms with E-state index in [1.54, 1.807) is 19.1 Å². The highest BCUT2D eigenvalue weighted by atomic mass is 35.5. The molecule has 0 saturated carbocycles. The van der Waals surface area contributed by atoms with Gasteiger partial charge in [0.25, 0.3) is 5.91 Å². The van der Waals surface area contributed by atoms with Crippen LogP contribution in [0, 0.1) is 0 Å². The van der Waals surface area contributed by atoms with E-state index >= 15 is 0 Å². The molecule has 0 radical (unpaired) electrons. The average molecular weight is 305 g/mol. The third-order valence-corrected chi connectivity index (χ3v) is 3.92. The number of carbonyl (C=O) groups is 1. The van der Waals surface area contributed by atoms with Gasteiger partial charge in [-0.15, -0.1) is 11.6 Å². The van der Waals surface area contributed by atoms with Crippen LogP contribution in [0.2, 0.25) is 0 Å².